The minimum absolute atomic E-state index is 0.0173. The molecule has 2 N–H and O–H groups in total. The molecule has 36 heavy (non-hydrogen) atoms. The summed E-state index contributed by atoms with van der Waals surface area (Å²) in [5, 5.41) is 11.3. The molecule has 0 spiro atoms. The van der Waals surface area contributed by atoms with Crippen molar-refractivity contribution in [2.24, 2.45) is 10.7 Å². The van der Waals surface area contributed by atoms with Crippen LogP contribution in [-0.4, -0.2) is 41.2 Å². The van der Waals surface area contributed by atoms with Gasteiger partial charge in [0, 0.05) is 38.3 Å². The largest absolute Gasteiger partial charge is 0.369 e. The third kappa shape index (κ3) is 3.60. The predicted octanol–water partition coefficient (Wildman–Crippen LogP) is 3.59. The van der Waals surface area contributed by atoms with Crippen LogP contribution in [0.3, 0.4) is 0 Å². The molecule has 2 aliphatic rings. The summed E-state index contributed by atoms with van der Waals surface area (Å²) in [4.78, 5) is 44.5. The first-order chi connectivity index (χ1) is 17.2. The summed E-state index contributed by atoms with van der Waals surface area (Å²) in [6, 6.07) is 19.3. The van der Waals surface area contributed by atoms with Gasteiger partial charge < -0.3 is 10.6 Å². The van der Waals surface area contributed by atoms with Crippen molar-refractivity contribution < 1.29 is 14.5 Å². The fraction of sp³-hybridized carbons (Fsp3) is 0.222. The van der Waals surface area contributed by atoms with Gasteiger partial charge in [0.2, 0.25) is 5.91 Å². The molecule has 2 amide bonds. The molecule has 3 aromatic carbocycles. The molecule has 5 rings (SSSR count). The highest BCUT2D eigenvalue weighted by atomic mass is 16.6. The van der Waals surface area contributed by atoms with Gasteiger partial charge >= 0.3 is 0 Å². The lowest BCUT2D eigenvalue weighted by Crippen LogP contribution is -2.41. The van der Waals surface area contributed by atoms with Gasteiger partial charge in [-0.3, -0.25) is 24.6 Å². The van der Waals surface area contributed by atoms with Crippen molar-refractivity contribution in [1.29, 1.82) is 0 Å². The Morgan fingerprint density at radius 1 is 1.06 bits per heavy atom. The fourth-order valence-corrected chi connectivity index (χ4v) is 5.06. The quantitative estimate of drug-likeness (QED) is 0.449. The number of nitrogens with two attached hydrogens (primary N) is 1. The van der Waals surface area contributed by atoms with Crippen LogP contribution < -0.4 is 10.6 Å². The van der Waals surface area contributed by atoms with E-state index in [1.165, 1.54) is 17.0 Å². The van der Waals surface area contributed by atoms with Crippen LogP contribution in [0.5, 0.6) is 0 Å². The molecule has 9 heteroatoms. The molecule has 1 atom stereocenters. The molecule has 9 nitrogen and oxygen atoms in total. The summed E-state index contributed by atoms with van der Waals surface area (Å²) in [5.41, 5.74) is 9.15. The molecule has 2 aliphatic heterocycles. The van der Waals surface area contributed by atoms with E-state index in [0.717, 1.165) is 24.1 Å². The Hall–Kier alpha value is -4.53. The summed E-state index contributed by atoms with van der Waals surface area (Å²) in [6.45, 7) is 2.20. The minimum atomic E-state index is -1.41. The van der Waals surface area contributed by atoms with Crippen molar-refractivity contribution in [3.05, 3.63) is 93.5 Å². The lowest BCUT2D eigenvalue weighted by atomic mass is 9.80. The molecule has 0 bridgehead atoms. The summed E-state index contributed by atoms with van der Waals surface area (Å²) >= 11 is 0. The first kappa shape index (κ1) is 23.2. The van der Waals surface area contributed by atoms with E-state index < -0.39 is 10.5 Å². The van der Waals surface area contributed by atoms with E-state index in [4.69, 9.17) is 5.73 Å². The first-order valence-corrected chi connectivity index (χ1v) is 11.6. The number of hydrogen-bond acceptors (Lipinski definition) is 6. The zero-order chi connectivity index (χ0) is 25.6. The second kappa shape index (κ2) is 8.60. The van der Waals surface area contributed by atoms with Crippen LogP contribution in [0.15, 0.2) is 71.7 Å². The number of non-ortho nitro benzene ring substituents is 1. The molecular weight excluding hydrogens is 458 g/mol. The van der Waals surface area contributed by atoms with Gasteiger partial charge in [-0.15, -0.1) is 0 Å². The third-order valence-corrected chi connectivity index (χ3v) is 6.91. The number of amides is 2. The minimum Gasteiger partial charge on any atom is -0.369 e. The van der Waals surface area contributed by atoms with Gasteiger partial charge in [-0.05, 0) is 52.8 Å². The molecule has 1 unspecified atom stereocenters. The van der Waals surface area contributed by atoms with Crippen LogP contribution in [0.25, 0.3) is 11.1 Å². The number of fused-ring (bicyclic) bond motifs is 1. The molecule has 0 aliphatic carbocycles. The van der Waals surface area contributed by atoms with E-state index in [2.05, 4.69) is 4.99 Å². The second-order valence-electron chi connectivity index (χ2n) is 9.05. The molecule has 3 aromatic rings. The Kier molecular flexibility index (Phi) is 5.55. The lowest BCUT2D eigenvalue weighted by molar-refractivity contribution is -0.384. The number of aliphatic imine (C=N–C) groups is 1. The summed E-state index contributed by atoms with van der Waals surface area (Å²) < 4.78 is 0. The SMILES string of the molecule is CC(=O)N1CCCc2cc(C3(c4cccc(-c5cccc([N+](=O)[O-])c5)c4)N=C(N)N(C)C3=O)ccc21. The van der Waals surface area contributed by atoms with E-state index in [1.807, 2.05) is 36.4 Å². The number of anilines is 1. The monoisotopic (exact) mass is 483 g/mol. The van der Waals surface area contributed by atoms with Crippen molar-refractivity contribution in [3.63, 3.8) is 0 Å². The zero-order valence-electron chi connectivity index (χ0n) is 20.0. The maximum absolute atomic E-state index is 13.7. The number of benzene rings is 3. The normalized spacial score (nSPS) is 19.2. The molecule has 0 saturated carbocycles. The number of nitrogens with zero attached hydrogens (tertiary/aromatic N) is 4. The van der Waals surface area contributed by atoms with Crippen LogP contribution in [0.4, 0.5) is 11.4 Å². The summed E-state index contributed by atoms with van der Waals surface area (Å²) in [6.07, 6.45) is 1.60. The summed E-state index contributed by atoms with van der Waals surface area (Å²) in [5.74, 6) is -0.221. The number of nitro benzene ring substituents is 1. The van der Waals surface area contributed by atoms with E-state index in [0.29, 0.717) is 28.8 Å². The maximum Gasteiger partial charge on any atom is 0.270 e. The van der Waals surface area contributed by atoms with E-state index in [9.17, 15) is 19.7 Å². The van der Waals surface area contributed by atoms with Crippen molar-refractivity contribution in [3.8, 4) is 11.1 Å². The smallest absolute Gasteiger partial charge is 0.270 e. The average Bonchev–Trinajstić information content (AvgIpc) is 3.12. The Balaban J connectivity index is 1.68. The van der Waals surface area contributed by atoms with Crippen LogP contribution in [0.2, 0.25) is 0 Å². The Bertz CT molecular complexity index is 1450. The van der Waals surface area contributed by atoms with Crippen LogP contribution >= 0.6 is 0 Å². The molecule has 0 fully saturated rings. The van der Waals surface area contributed by atoms with Crippen LogP contribution in [0.1, 0.15) is 30.0 Å². The highest BCUT2D eigenvalue weighted by Gasteiger charge is 2.50. The van der Waals surface area contributed by atoms with Crippen LogP contribution in [-0.2, 0) is 21.5 Å². The van der Waals surface area contributed by atoms with Crippen molar-refractivity contribution in [2.45, 2.75) is 25.3 Å². The Morgan fingerprint density at radius 2 is 1.75 bits per heavy atom. The van der Waals surface area contributed by atoms with E-state index in [1.54, 1.807) is 37.1 Å². The van der Waals surface area contributed by atoms with Crippen LogP contribution in [0, 0.1) is 10.1 Å². The average molecular weight is 484 g/mol. The van der Waals surface area contributed by atoms with Gasteiger partial charge in [0.1, 0.15) is 0 Å². The van der Waals surface area contributed by atoms with Crippen molar-refractivity contribution in [1.82, 2.24) is 4.90 Å². The Morgan fingerprint density at radius 3 is 2.42 bits per heavy atom. The zero-order valence-corrected chi connectivity index (χ0v) is 20.0. The maximum atomic E-state index is 13.7. The molecule has 0 radical (unpaired) electrons. The molecule has 0 saturated heterocycles. The highest BCUT2D eigenvalue weighted by molar-refractivity contribution is 6.09. The standard InChI is InChI=1S/C27H25N5O4/c1-17(33)31-13-5-8-20-15-22(11-12-24(20)31)27(25(34)30(2)26(28)29-27)21-9-3-6-18(14-21)19-7-4-10-23(16-19)32(35)36/h3-4,6-7,9-12,14-16H,5,8,13H2,1-2H3,(H2,28,29). The van der Waals surface area contributed by atoms with Crippen molar-refractivity contribution >= 4 is 29.1 Å². The number of nitro groups is 1. The fourth-order valence-electron chi connectivity index (χ4n) is 5.06. The molecular formula is C27H25N5O4. The van der Waals surface area contributed by atoms with Gasteiger partial charge in [-0.2, -0.15) is 0 Å². The number of rotatable bonds is 4. The second-order valence-corrected chi connectivity index (χ2v) is 9.05. The number of carbonyl (C=O) groups excluding carboxylic acids is 2. The topological polar surface area (TPSA) is 122 Å². The number of carbonyl (C=O) groups is 2. The van der Waals surface area contributed by atoms with E-state index >= 15 is 0 Å². The number of likely N-dealkylation sites (N-methyl/N-ethyl adjacent to an activating group) is 1. The third-order valence-electron chi connectivity index (χ3n) is 6.91. The highest BCUT2D eigenvalue weighted by Crippen LogP contribution is 2.42. The number of aryl methyl sites for hydroxylation is 1. The Labute approximate surface area is 208 Å². The molecule has 2 heterocycles. The van der Waals surface area contributed by atoms with Gasteiger partial charge in [-0.1, -0.05) is 42.5 Å². The van der Waals surface area contributed by atoms with Gasteiger partial charge in [0.25, 0.3) is 11.6 Å². The number of hydrogen-bond donors (Lipinski definition) is 1. The molecule has 0 aromatic heterocycles. The van der Waals surface area contributed by atoms with Crippen molar-refractivity contribution in [2.75, 3.05) is 18.5 Å². The van der Waals surface area contributed by atoms with Gasteiger partial charge in [-0.25, -0.2) is 4.99 Å². The van der Waals surface area contributed by atoms with E-state index in [-0.39, 0.29) is 23.5 Å². The predicted molar refractivity (Wildman–Crippen MR) is 136 cm³/mol. The first-order valence-electron chi connectivity index (χ1n) is 11.6. The summed E-state index contributed by atoms with van der Waals surface area (Å²) in [7, 11) is 1.59. The van der Waals surface area contributed by atoms with Gasteiger partial charge in [0.15, 0.2) is 11.5 Å². The lowest BCUT2D eigenvalue weighted by Gasteiger charge is -2.31. The van der Waals surface area contributed by atoms with Gasteiger partial charge in [0.05, 0.1) is 4.92 Å². The molecule has 182 valence electrons. The number of guanidine groups is 1.